The van der Waals surface area contributed by atoms with Crippen molar-refractivity contribution in [1.29, 1.82) is 0 Å². The lowest BCUT2D eigenvalue weighted by molar-refractivity contribution is 0.0946. The maximum atomic E-state index is 12.6. The molecule has 0 unspecified atom stereocenters. The molecule has 2 aromatic heterocycles. The van der Waals surface area contributed by atoms with Gasteiger partial charge in [0, 0.05) is 31.5 Å². The molecule has 0 fully saturated rings. The van der Waals surface area contributed by atoms with Crippen molar-refractivity contribution in [2.24, 2.45) is 0 Å². The highest BCUT2D eigenvalue weighted by Crippen LogP contribution is 2.21. The fourth-order valence-electron chi connectivity index (χ4n) is 3.05. The Bertz CT molecular complexity index is 890. The maximum Gasteiger partial charge on any atom is 0.254 e. The molecule has 0 saturated heterocycles. The largest absolute Gasteiger partial charge is 0.378 e. The molecular formula is C21H26N4O2. The highest BCUT2D eigenvalue weighted by molar-refractivity contribution is 5.95. The van der Waals surface area contributed by atoms with Gasteiger partial charge in [0.05, 0.1) is 23.6 Å². The predicted molar refractivity (Wildman–Crippen MR) is 106 cm³/mol. The Labute approximate surface area is 159 Å². The van der Waals surface area contributed by atoms with Gasteiger partial charge in [-0.05, 0) is 6.42 Å². The van der Waals surface area contributed by atoms with Crippen LogP contribution in [-0.2, 0) is 11.3 Å². The van der Waals surface area contributed by atoms with E-state index in [0.717, 1.165) is 24.1 Å². The van der Waals surface area contributed by atoms with Gasteiger partial charge in [0.25, 0.3) is 5.91 Å². The number of benzene rings is 1. The lowest BCUT2D eigenvalue weighted by Crippen LogP contribution is -2.27. The normalized spacial score (nSPS) is 11.0. The summed E-state index contributed by atoms with van der Waals surface area (Å²) in [6.07, 6.45) is 6.08. The third-order valence-electron chi connectivity index (χ3n) is 4.49. The molecule has 1 N–H and O–H groups in total. The summed E-state index contributed by atoms with van der Waals surface area (Å²) >= 11 is 0. The van der Waals surface area contributed by atoms with Crippen LogP contribution in [0.1, 0.15) is 48.7 Å². The Hall–Kier alpha value is -2.73. The number of rotatable bonds is 9. The first-order valence-electron chi connectivity index (χ1n) is 9.44. The molecule has 0 atom stereocenters. The van der Waals surface area contributed by atoms with E-state index in [4.69, 9.17) is 4.74 Å². The lowest BCUT2D eigenvalue weighted by atomic mass is 10.1. The number of unbranched alkanes of at least 4 members (excludes halogenated alkanes) is 3. The second-order valence-electron chi connectivity index (χ2n) is 6.53. The standard InChI is InChI=1S/C21H26N4O2/c1-3-4-5-9-12-22-21(26)17-14-23-20-13-18(16-10-7-6-8-11-16)24-25(20)19(17)15-27-2/h6-8,10-11,13-14H,3-5,9,12,15H2,1-2H3,(H,22,26). The van der Waals surface area contributed by atoms with Crippen LogP contribution < -0.4 is 5.32 Å². The molecule has 3 rings (SSSR count). The lowest BCUT2D eigenvalue weighted by Gasteiger charge is -2.11. The average Bonchev–Trinajstić information content (AvgIpc) is 3.13. The number of hydrogen-bond donors (Lipinski definition) is 1. The highest BCUT2D eigenvalue weighted by Gasteiger charge is 2.17. The van der Waals surface area contributed by atoms with Crippen molar-refractivity contribution in [3.8, 4) is 11.3 Å². The number of nitrogens with zero attached hydrogens (tertiary/aromatic N) is 3. The van der Waals surface area contributed by atoms with Gasteiger partial charge in [-0.3, -0.25) is 4.79 Å². The summed E-state index contributed by atoms with van der Waals surface area (Å²) in [7, 11) is 1.61. The van der Waals surface area contributed by atoms with Crippen molar-refractivity contribution < 1.29 is 9.53 Å². The average molecular weight is 366 g/mol. The molecule has 6 heteroatoms. The Morgan fingerprint density at radius 1 is 1.19 bits per heavy atom. The number of ether oxygens (including phenoxy) is 1. The molecule has 6 nitrogen and oxygen atoms in total. The highest BCUT2D eigenvalue weighted by atomic mass is 16.5. The van der Waals surface area contributed by atoms with Crippen LogP contribution in [0, 0.1) is 0 Å². The second-order valence-corrected chi connectivity index (χ2v) is 6.53. The minimum atomic E-state index is -0.135. The van der Waals surface area contributed by atoms with E-state index in [1.54, 1.807) is 17.8 Å². The predicted octanol–water partition coefficient (Wildman–Crippen LogP) is 3.85. The molecule has 0 aliphatic rings. The molecule has 1 amide bonds. The van der Waals surface area contributed by atoms with Crippen LogP contribution >= 0.6 is 0 Å². The number of carbonyl (C=O) groups is 1. The van der Waals surface area contributed by atoms with E-state index in [2.05, 4.69) is 22.3 Å². The molecule has 2 heterocycles. The molecule has 27 heavy (non-hydrogen) atoms. The third-order valence-corrected chi connectivity index (χ3v) is 4.49. The van der Waals surface area contributed by atoms with Crippen molar-refractivity contribution in [2.75, 3.05) is 13.7 Å². The van der Waals surface area contributed by atoms with E-state index in [9.17, 15) is 4.79 Å². The Morgan fingerprint density at radius 3 is 2.74 bits per heavy atom. The molecule has 3 aromatic rings. The first kappa shape index (κ1) is 19.0. The van der Waals surface area contributed by atoms with Gasteiger partial charge in [-0.2, -0.15) is 5.10 Å². The van der Waals surface area contributed by atoms with Crippen LogP contribution in [0.3, 0.4) is 0 Å². The van der Waals surface area contributed by atoms with E-state index < -0.39 is 0 Å². The van der Waals surface area contributed by atoms with Crippen LogP contribution in [0.15, 0.2) is 42.6 Å². The quantitative estimate of drug-likeness (QED) is 0.584. The van der Waals surface area contributed by atoms with Crippen LogP contribution in [0.4, 0.5) is 0 Å². The molecule has 0 aliphatic carbocycles. The molecule has 0 aliphatic heterocycles. The van der Waals surface area contributed by atoms with E-state index in [-0.39, 0.29) is 12.5 Å². The van der Waals surface area contributed by atoms with Crippen molar-refractivity contribution in [1.82, 2.24) is 19.9 Å². The van der Waals surface area contributed by atoms with E-state index in [1.807, 2.05) is 36.4 Å². The van der Waals surface area contributed by atoms with Crippen LogP contribution in [0.5, 0.6) is 0 Å². The van der Waals surface area contributed by atoms with Crippen LogP contribution in [0.25, 0.3) is 16.9 Å². The molecule has 0 radical (unpaired) electrons. The fourth-order valence-corrected chi connectivity index (χ4v) is 3.05. The molecule has 0 saturated carbocycles. The molecule has 1 aromatic carbocycles. The summed E-state index contributed by atoms with van der Waals surface area (Å²) in [6.45, 7) is 3.12. The van der Waals surface area contributed by atoms with E-state index in [0.29, 0.717) is 23.4 Å². The van der Waals surface area contributed by atoms with Gasteiger partial charge in [-0.25, -0.2) is 9.50 Å². The zero-order chi connectivity index (χ0) is 19.1. The second kappa shape index (κ2) is 9.28. The topological polar surface area (TPSA) is 68.5 Å². The molecular weight excluding hydrogens is 340 g/mol. The smallest absolute Gasteiger partial charge is 0.254 e. The molecule has 0 bridgehead atoms. The van der Waals surface area contributed by atoms with Gasteiger partial charge in [0.15, 0.2) is 5.65 Å². The Morgan fingerprint density at radius 2 is 2.00 bits per heavy atom. The zero-order valence-electron chi connectivity index (χ0n) is 15.9. The monoisotopic (exact) mass is 366 g/mol. The maximum absolute atomic E-state index is 12.6. The first-order chi connectivity index (χ1) is 13.2. The third kappa shape index (κ3) is 4.52. The minimum absolute atomic E-state index is 0.135. The van der Waals surface area contributed by atoms with E-state index in [1.165, 1.54) is 12.8 Å². The van der Waals surface area contributed by atoms with Crippen molar-refractivity contribution in [3.05, 3.63) is 53.9 Å². The zero-order valence-corrected chi connectivity index (χ0v) is 15.9. The van der Waals surface area contributed by atoms with Gasteiger partial charge in [-0.1, -0.05) is 56.5 Å². The fraction of sp³-hybridized carbons (Fsp3) is 0.381. The van der Waals surface area contributed by atoms with Gasteiger partial charge in [0.1, 0.15) is 0 Å². The van der Waals surface area contributed by atoms with Gasteiger partial charge in [-0.15, -0.1) is 0 Å². The number of methoxy groups -OCH3 is 1. The van der Waals surface area contributed by atoms with Gasteiger partial charge < -0.3 is 10.1 Å². The Kier molecular flexibility index (Phi) is 6.54. The van der Waals surface area contributed by atoms with Gasteiger partial charge >= 0.3 is 0 Å². The summed E-state index contributed by atoms with van der Waals surface area (Å²) in [6, 6.07) is 11.8. The number of aromatic nitrogens is 3. The van der Waals surface area contributed by atoms with Crippen LogP contribution in [0.2, 0.25) is 0 Å². The number of amides is 1. The van der Waals surface area contributed by atoms with E-state index >= 15 is 0 Å². The number of fused-ring (bicyclic) bond motifs is 1. The number of nitrogens with one attached hydrogen (secondary N) is 1. The molecule has 0 spiro atoms. The van der Waals surface area contributed by atoms with Gasteiger partial charge in [0.2, 0.25) is 0 Å². The molecule has 142 valence electrons. The minimum Gasteiger partial charge on any atom is -0.378 e. The van der Waals surface area contributed by atoms with Crippen molar-refractivity contribution in [2.45, 2.75) is 39.2 Å². The first-order valence-corrected chi connectivity index (χ1v) is 9.44. The summed E-state index contributed by atoms with van der Waals surface area (Å²) in [4.78, 5) is 17.1. The SMILES string of the molecule is CCCCCCNC(=O)c1cnc2cc(-c3ccccc3)nn2c1COC. The summed E-state index contributed by atoms with van der Waals surface area (Å²) in [5.41, 5.74) is 3.73. The summed E-state index contributed by atoms with van der Waals surface area (Å²) < 4.78 is 7.04. The number of hydrogen-bond acceptors (Lipinski definition) is 4. The number of carbonyl (C=O) groups excluding carboxylic acids is 1. The van der Waals surface area contributed by atoms with Crippen LogP contribution in [-0.4, -0.2) is 34.2 Å². The summed E-state index contributed by atoms with van der Waals surface area (Å²) in [5, 5.41) is 7.64. The van der Waals surface area contributed by atoms with Crippen molar-refractivity contribution >= 4 is 11.6 Å². The van der Waals surface area contributed by atoms with Crippen molar-refractivity contribution in [3.63, 3.8) is 0 Å². The summed E-state index contributed by atoms with van der Waals surface area (Å²) in [5.74, 6) is -0.135. The Balaban J connectivity index is 1.87.